The van der Waals surface area contributed by atoms with E-state index in [-0.39, 0.29) is 11.2 Å². The number of aldehydes is 1. The molecule has 0 aromatic heterocycles. The van der Waals surface area contributed by atoms with Crippen LogP contribution in [0.15, 0.2) is 23.8 Å². The summed E-state index contributed by atoms with van der Waals surface area (Å²) in [7, 11) is 1.53. The first-order chi connectivity index (χ1) is 9.10. The van der Waals surface area contributed by atoms with Crippen molar-refractivity contribution in [3.63, 3.8) is 0 Å². The fraction of sp³-hybridized carbons (Fsp3) is 0.667. The van der Waals surface area contributed by atoms with Gasteiger partial charge in [0.2, 0.25) is 0 Å². The summed E-state index contributed by atoms with van der Waals surface area (Å²) in [6, 6.07) is 0.358. The van der Waals surface area contributed by atoms with Gasteiger partial charge in [-0.05, 0) is 59.3 Å². The largest absolute Gasteiger partial charge is 0.496 e. The Morgan fingerprint density at radius 3 is 2.05 bits per heavy atom. The van der Waals surface area contributed by atoms with Gasteiger partial charge in [0.1, 0.15) is 6.29 Å². The highest BCUT2D eigenvalue weighted by Gasteiger charge is 2.52. The van der Waals surface area contributed by atoms with Crippen LogP contribution >= 0.6 is 0 Å². The van der Waals surface area contributed by atoms with E-state index < -0.39 is 7.12 Å². The van der Waals surface area contributed by atoms with Crippen molar-refractivity contribution >= 4 is 13.4 Å². The summed E-state index contributed by atoms with van der Waals surface area (Å²) in [5.41, 5.74) is 0.0663. The summed E-state index contributed by atoms with van der Waals surface area (Å²) in [6.45, 7) is 12.3. The van der Waals surface area contributed by atoms with Crippen LogP contribution in [0.5, 0.6) is 0 Å². The molecular weight excluding hydrogens is 253 g/mol. The molecule has 0 aromatic rings. The van der Waals surface area contributed by atoms with Gasteiger partial charge in [0.15, 0.2) is 0 Å². The lowest BCUT2D eigenvalue weighted by Gasteiger charge is -2.32. The Bertz CT molecular complexity index is 397. The molecule has 0 unspecified atom stereocenters. The highest BCUT2D eigenvalue weighted by molar-refractivity contribution is 6.55. The average molecular weight is 279 g/mol. The third kappa shape index (κ3) is 3.73. The maximum Gasteiger partial charge on any atom is 0.496 e. The molecule has 1 aliphatic rings. The highest BCUT2D eigenvalue weighted by Crippen LogP contribution is 2.38. The quantitative estimate of drug-likeness (QED) is 0.335. The predicted octanol–water partition coefficient (Wildman–Crippen LogP) is 2.60. The zero-order chi connectivity index (χ0) is 15.6. The first-order valence-electron chi connectivity index (χ1n) is 7.02. The smallest absolute Gasteiger partial charge is 0.399 e. The molecule has 1 aliphatic heterocycles. The van der Waals surface area contributed by atoms with Crippen molar-refractivity contribution in [1.82, 2.24) is 4.90 Å². The van der Waals surface area contributed by atoms with Gasteiger partial charge in [-0.25, -0.2) is 0 Å². The van der Waals surface area contributed by atoms with Gasteiger partial charge < -0.3 is 14.2 Å². The Kier molecular flexibility index (Phi) is 5.22. The molecule has 0 saturated carbocycles. The zero-order valence-electron chi connectivity index (χ0n) is 13.6. The van der Waals surface area contributed by atoms with E-state index in [2.05, 4.69) is 18.7 Å². The Morgan fingerprint density at radius 2 is 1.65 bits per heavy atom. The number of carbonyl (C=O) groups is 1. The number of allylic oxidation sites excluding steroid dienone is 3. The molecule has 0 aliphatic carbocycles. The summed E-state index contributed by atoms with van der Waals surface area (Å²) in [6.07, 6.45) is 5.93. The normalized spacial score (nSPS) is 21.8. The highest BCUT2D eigenvalue weighted by atomic mass is 16.7. The molecular formula is C15H26BNO3. The molecule has 0 atom stereocenters. The second-order valence-corrected chi connectivity index (χ2v) is 6.47. The van der Waals surface area contributed by atoms with Crippen molar-refractivity contribution in [2.75, 3.05) is 7.05 Å². The van der Waals surface area contributed by atoms with Gasteiger partial charge >= 0.3 is 7.12 Å². The van der Waals surface area contributed by atoms with Crippen molar-refractivity contribution in [2.45, 2.75) is 58.8 Å². The van der Waals surface area contributed by atoms with Gasteiger partial charge in [-0.1, -0.05) is 6.08 Å². The summed E-state index contributed by atoms with van der Waals surface area (Å²) in [5.74, 6) is 0. The number of rotatable bonds is 5. The van der Waals surface area contributed by atoms with Gasteiger partial charge in [-0.3, -0.25) is 4.79 Å². The van der Waals surface area contributed by atoms with Crippen molar-refractivity contribution < 1.29 is 14.1 Å². The molecule has 5 heteroatoms. The molecule has 0 N–H and O–H groups in total. The van der Waals surface area contributed by atoms with Crippen LogP contribution in [0.3, 0.4) is 0 Å². The van der Waals surface area contributed by atoms with E-state index in [0.29, 0.717) is 6.04 Å². The minimum Gasteiger partial charge on any atom is -0.399 e. The van der Waals surface area contributed by atoms with Crippen LogP contribution < -0.4 is 0 Å². The first kappa shape index (κ1) is 17.0. The van der Waals surface area contributed by atoms with E-state index in [1.54, 1.807) is 6.08 Å². The molecule has 1 rings (SSSR count). The van der Waals surface area contributed by atoms with Gasteiger partial charge in [-0.15, -0.1) is 0 Å². The van der Waals surface area contributed by atoms with Crippen molar-refractivity contribution in [2.24, 2.45) is 0 Å². The summed E-state index contributed by atoms with van der Waals surface area (Å²) in [5, 5.41) is 0. The SMILES string of the molecule is CC(C)N(C)/C=C(\C=C/C=O)B1OC(C)(C)C(C)(C)O1. The predicted molar refractivity (Wildman–Crippen MR) is 82.3 cm³/mol. The van der Waals surface area contributed by atoms with E-state index in [9.17, 15) is 4.79 Å². The third-order valence-corrected chi connectivity index (χ3v) is 4.06. The molecule has 0 aromatic carbocycles. The van der Waals surface area contributed by atoms with E-state index >= 15 is 0 Å². The number of carbonyl (C=O) groups excluding carboxylic acids is 1. The monoisotopic (exact) mass is 279 g/mol. The maximum absolute atomic E-state index is 10.6. The standard InChI is InChI=1S/C15H26BNO3/c1-12(2)17(7)11-13(9-8-10-18)16-19-14(3,4)15(5,6)20-16/h8-12H,1-7H3/b9-8-,13-11+. The molecule has 1 heterocycles. The van der Waals surface area contributed by atoms with Crippen LogP contribution in [0.25, 0.3) is 0 Å². The van der Waals surface area contributed by atoms with Crippen LogP contribution in [0.1, 0.15) is 41.5 Å². The molecule has 4 nitrogen and oxygen atoms in total. The zero-order valence-corrected chi connectivity index (χ0v) is 13.6. The van der Waals surface area contributed by atoms with Crippen LogP contribution in [0, 0.1) is 0 Å². The fourth-order valence-electron chi connectivity index (χ4n) is 1.70. The maximum atomic E-state index is 10.6. The second kappa shape index (κ2) is 6.14. The lowest BCUT2D eigenvalue weighted by molar-refractivity contribution is -0.104. The number of hydrogen-bond donors (Lipinski definition) is 0. The average Bonchev–Trinajstić information content (AvgIpc) is 2.53. The van der Waals surface area contributed by atoms with Crippen LogP contribution in [-0.4, -0.2) is 42.6 Å². The van der Waals surface area contributed by atoms with Crippen LogP contribution in [0.2, 0.25) is 0 Å². The summed E-state index contributed by atoms with van der Waals surface area (Å²) < 4.78 is 12.0. The number of hydrogen-bond acceptors (Lipinski definition) is 4. The molecule has 112 valence electrons. The molecule has 0 amide bonds. The Balaban J connectivity index is 3.03. The van der Waals surface area contributed by atoms with Crippen molar-refractivity contribution in [3.8, 4) is 0 Å². The van der Waals surface area contributed by atoms with Gasteiger partial charge in [-0.2, -0.15) is 0 Å². The van der Waals surface area contributed by atoms with E-state index in [4.69, 9.17) is 9.31 Å². The Hall–Kier alpha value is -1.07. The lowest BCUT2D eigenvalue weighted by Crippen LogP contribution is -2.41. The molecule has 0 spiro atoms. The Labute approximate surface area is 123 Å². The van der Waals surface area contributed by atoms with E-state index in [0.717, 1.165) is 11.8 Å². The summed E-state index contributed by atoms with van der Waals surface area (Å²) in [4.78, 5) is 12.7. The van der Waals surface area contributed by atoms with Crippen LogP contribution in [-0.2, 0) is 14.1 Å². The Morgan fingerprint density at radius 1 is 1.15 bits per heavy atom. The topological polar surface area (TPSA) is 38.8 Å². The lowest BCUT2D eigenvalue weighted by atomic mass is 9.78. The molecule has 0 bridgehead atoms. The van der Waals surface area contributed by atoms with Gasteiger partial charge in [0.25, 0.3) is 0 Å². The van der Waals surface area contributed by atoms with Crippen molar-refractivity contribution in [3.05, 3.63) is 23.8 Å². The second-order valence-electron chi connectivity index (χ2n) is 6.47. The van der Waals surface area contributed by atoms with Gasteiger partial charge in [0.05, 0.1) is 11.2 Å². The van der Waals surface area contributed by atoms with E-state index in [1.807, 2.05) is 40.9 Å². The third-order valence-electron chi connectivity index (χ3n) is 4.06. The van der Waals surface area contributed by atoms with Crippen LogP contribution in [0.4, 0.5) is 0 Å². The first-order valence-corrected chi connectivity index (χ1v) is 7.02. The summed E-state index contributed by atoms with van der Waals surface area (Å²) >= 11 is 0. The van der Waals surface area contributed by atoms with Gasteiger partial charge in [0, 0.05) is 13.1 Å². The number of nitrogens with zero attached hydrogens (tertiary/aromatic N) is 1. The molecule has 1 fully saturated rings. The van der Waals surface area contributed by atoms with Crippen molar-refractivity contribution in [1.29, 1.82) is 0 Å². The molecule has 1 saturated heterocycles. The molecule has 0 radical (unpaired) electrons. The molecule has 20 heavy (non-hydrogen) atoms. The van der Waals surface area contributed by atoms with E-state index in [1.165, 1.54) is 6.08 Å². The minimum absolute atomic E-state index is 0.358. The fourth-order valence-corrected chi connectivity index (χ4v) is 1.70. The minimum atomic E-state index is -0.461.